The van der Waals surface area contributed by atoms with E-state index in [9.17, 15) is 5.11 Å². The molecule has 2 rings (SSSR count). The summed E-state index contributed by atoms with van der Waals surface area (Å²) < 4.78 is 6.54. The second kappa shape index (κ2) is 4.86. The summed E-state index contributed by atoms with van der Waals surface area (Å²) in [4.78, 5) is 0. The fraction of sp³-hybridized carbons (Fsp3) is 0.538. The third-order valence-corrected chi connectivity index (χ3v) is 4.36. The van der Waals surface area contributed by atoms with E-state index in [0.29, 0.717) is 6.42 Å². The van der Waals surface area contributed by atoms with Gasteiger partial charge in [-0.1, -0.05) is 34.1 Å². The van der Waals surface area contributed by atoms with Gasteiger partial charge in [-0.25, -0.2) is 0 Å². The van der Waals surface area contributed by atoms with E-state index in [1.807, 2.05) is 24.3 Å². The van der Waals surface area contributed by atoms with Gasteiger partial charge in [0.1, 0.15) is 0 Å². The zero-order valence-corrected chi connectivity index (χ0v) is 11.0. The van der Waals surface area contributed by atoms with Crippen molar-refractivity contribution in [3.05, 3.63) is 34.3 Å². The molecule has 1 fully saturated rings. The molecule has 0 bridgehead atoms. The molecule has 0 spiro atoms. The van der Waals surface area contributed by atoms with Crippen LogP contribution in [0, 0.1) is 0 Å². The van der Waals surface area contributed by atoms with Gasteiger partial charge in [-0.05, 0) is 30.9 Å². The van der Waals surface area contributed by atoms with E-state index >= 15 is 0 Å². The monoisotopic (exact) mass is 284 g/mol. The first-order valence-electron chi connectivity index (χ1n) is 5.64. The average molecular weight is 285 g/mol. The van der Waals surface area contributed by atoms with Gasteiger partial charge in [0.25, 0.3) is 0 Å². The largest absolute Gasteiger partial charge is 0.390 e. The van der Waals surface area contributed by atoms with E-state index in [1.165, 1.54) is 0 Å². The zero-order chi connectivity index (χ0) is 11.6. The van der Waals surface area contributed by atoms with Gasteiger partial charge >= 0.3 is 0 Å². The molecule has 3 heteroatoms. The molecule has 1 aliphatic rings. The van der Waals surface area contributed by atoms with Crippen LogP contribution < -0.4 is 0 Å². The maximum atomic E-state index is 10.3. The molecule has 1 N–H and O–H groups in total. The number of aliphatic hydroxyl groups excluding tert-OH is 1. The lowest BCUT2D eigenvalue weighted by atomic mass is 9.74. The van der Waals surface area contributed by atoms with Crippen molar-refractivity contribution in [3.63, 3.8) is 0 Å². The van der Waals surface area contributed by atoms with Gasteiger partial charge in [-0.15, -0.1) is 0 Å². The maximum Gasteiger partial charge on any atom is 0.0939 e. The molecule has 2 nitrogen and oxygen atoms in total. The first-order chi connectivity index (χ1) is 7.68. The Kier molecular flexibility index (Phi) is 3.67. The van der Waals surface area contributed by atoms with Crippen molar-refractivity contribution in [2.45, 2.75) is 37.4 Å². The zero-order valence-electron chi connectivity index (χ0n) is 9.45. The standard InChI is InChI=1S/C13H17BrO2/c1-16-13(7-4-8-13)12(15)9-10-5-2-3-6-11(10)14/h2-3,5-6,12,15H,4,7-9H2,1H3. The van der Waals surface area contributed by atoms with Crippen LogP contribution in [0.4, 0.5) is 0 Å². The third-order valence-electron chi connectivity index (χ3n) is 3.58. The smallest absolute Gasteiger partial charge is 0.0939 e. The van der Waals surface area contributed by atoms with Crippen LogP contribution in [0.1, 0.15) is 24.8 Å². The lowest BCUT2D eigenvalue weighted by molar-refractivity contribution is -0.148. The van der Waals surface area contributed by atoms with E-state index < -0.39 is 6.10 Å². The second-order valence-corrected chi connectivity index (χ2v) is 5.29. The number of halogens is 1. The molecule has 88 valence electrons. The quantitative estimate of drug-likeness (QED) is 0.921. The minimum absolute atomic E-state index is 0.296. The number of methoxy groups -OCH3 is 1. The van der Waals surface area contributed by atoms with E-state index in [-0.39, 0.29) is 5.60 Å². The first kappa shape index (κ1) is 12.1. The van der Waals surface area contributed by atoms with Gasteiger partial charge in [-0.2, -0.15) is 0 Å². The molecular formula is C13H17BrO2. The summed E-state index contributed by atoms with van der Waals surface area (Å²) in [5.74, 6) is 0. The van der Waals surface area contributed by atoms with Crippen LogP contribution in [0.5, 0.6) is 0 Å². The SMILES string of the molecule is COC1(C(O)Cc2ccccc2Br)CCC1. The molecule has 1 aromatic carbocycles. The fourth-order valence-electron chi connectivity index (χ4n) is 2.26. The Labute approximate surface area is 105 Å². The van der Waals surface area contributed by atoms with E-state index in [2.05, 4.69) is 15.9 Å². The van der Waals surface area contributed by atoms with Gasteiger partial charge in [0, 0.05) is 18.0 Å². The van der Waals surface area contributed by atoms with Gasteiger partial charge in [0.05, 0.1) is 11.7 Å². The summed E-state index contributed by atoms with van der Waals surface area (Å²) >= 11 is 3.50. The Morgan fingerprint density at radius 1 is 1.44 bits per heavy atom. The normalized spacial score (nSPS) is 20.2. The summed E-state index contributed by atoms with van der Waals surface area (Å²) in [5.41, 5.74) is 0.841. The lowest BCUT2D eigenvalue weighted by Crippen LogP contribution is -2.50. The third kappa shape index (κ3) is 2.17. The Bertz CT molecular complexity index is 355. The summed E-state index contributed by atoms with van der Waals surface area (Å²) in [7, 11) is 1.70. The number of ether oxygens (including phenoxy) is 1. The van der Waals surface area contributed by atoms with Crippen LogP contribution >= 0.6 is 15.9 Å². The molecule has 1 aromatic rings. The van der Waals surface area contributed by atoms with Crippen molar-refractivity contribution < 1.29 is 9.84 Å². The summed E-state index contributed by atoms with van der Waals surface area (Å²) in [5, 5.41) is 10.3. The highest BCUT2D eigenvalue weighted by molar-refractivity contribution is 9.10. The van der Waals surface area contributed by atoms with Gasteiger partial charge in [0.2, 0.25) is 0 Å². The highest BCUT2D eigenvalue weighted by Gasteiger charge is 2.43. The van der Waals surface area contributed by atoms with Crippen LogP contribution in [0.25, 0.3) is 0 Å². The first-order valence-corrected chi connectivity index (χ1v) is 6.44. The Balaban J connectivity index is 2.07. The van der Waals surface area contributed by atoms with E-state index in [1.54, 1.807) is 7.11 Å². The molecule has 0 amide bonds. The molecule has 0 heterocycles. The molecule has 1 atom stereocenters. The molecule has 0 radical (unpaired) electrons. The van der Waals surface area contributed by atoms with Gasteiger partial charge < -0.3 is 9.84 Å². The average Bonchev–Trinajstić information content (AvgIpc) is 2.21. The lowest BCUT2D eigenvalue weighted by Gasteiger charge is -2.44. The molecule has 0 aliphatic heterocycles. The van der Waals surface area contributed by atoms with Crippen molar-refractivity contribution in [3.8, 4) is 0 Å². The maximum absolute atomic E-state index is 10.3. The number of hydrogen-bond donors (Lipinski definition) is 1. The highest BCUT2D eigenvalue weighted by Crippen LogP contribution is 2.39. The van der Waals surface area contributed by atoms with Gasteiger partial charge in [-0.3, -0.25) is 0 Å². The summed E-state index contributed by atoms with van der Waals surface area (Å²) in [6.45, 7) is 0. The number of benzene rings is 1. The van der Waals surface area contributed by atoms with Crippen LogP contribution in [0.2, 0.25) is 0 Å². The number of rotatable bonds is 4. The van der Waals surface area contributed by atoms with Crippen molar-refractivity contribution in [1.29, 1.82) is 0 Å². The number of aliphatic hydroxyl groups is 1. The number of hydrogen-bond acceptors (Lipinski definition) is 2. The molecule has 16 heavy (non-hydrogen) atoms. The van der Waals surface area contributed by atoms with Crippen molar-refractivity contribution in [1.82, 2.24) is 0 Å². The Morgan fingerprint density at radius 2 is 2.12 bits per heavy atom. The van der Waals surface area contributed by atoms with E-state index in [0.717, 1.165) is 29.3 Å². The predicted molar refractivity (Wildman–Crippen MR) is 67.4 cm³/mol. The van der Waals surface area contributed by atoms with Crippen LogP contribution in [-0.4, -0.2) is 23.9 Å². The van der Waals surface area contributed by atoms with E-state index in [4.69, 9.17) is 4.74 Å². The molecule has 1 saturated carbocycles. The Hall–Kier alpha value is -0.380. The summed E-state index contributed by atoms with van der Waals surface area (Å²) in [6.07, 6.45) is 3.32. The van der Waals surface area contributed by atoms with Crippen molar-refractivity contribution in [2.24, 2.45) is 0 Å². The Morgan fingerprint density at radius 3 is 2.62 bits per heavy atom. The predicted octanol–water partition coefficient (Wildman–Crippen LogP) is 2.92. The molecule has 1 unspecified atom stereocenters. The highest BCUT2D eigenvalue weighted by atomic mass is 79.9. The fourth-order valence-corrected chi connectivity index (χ4v) is 2.70. The molecular weight excluding hydrogens is 268 g/mol. The van der Waals surface area contributed by atoms with Crippen molar-refractivity contribution >= 4 is 15.9 Å². The minimum atomic E-state index is -0.412. The van der Waals surface area contributed by atoms with Crippen LogP contribution in [0.15, 0.2) is 28.7 Å². The molecule has 0 aromatic heterocycles. The second-order valence-electron chi connectivity index (χ2n) is 4.43. The van der Waals surface area contributed by atoms with Crippen LogP contribution in [0.3, 0.4) is 0 Å². The molecule has 0 saturated heterocycles. The van der Waals surface area contributed by atoms with Crippen molar-refractivity contribution in [2.75, 3.05) is 7.11 Å². The van der Waals surface area contributed by atoms with Gasteiger partial charge in [0.15, 0.2) is 0 Å². The minimum Gasteiger partial charge on any atom is -0.390 e. The molecule has 1 aliphatic carbocycles. The topological polar surface area (TPSA) is 29.5 Å². The summed E-state index contributed by atoms with van der Waals surface area (Å²) in [6, 6.07) is 8.01. The van der Waals surface area contributed by atoms with Crippen LogP contribution in [-0.2, 0) is 11.2 Å².